The minimum absolute atomic E-state index is 0.210. The van der Waals surface area contributed by atoms with E-state index in [4.69, 9.17) is 10.8 Å². The summed E-state index contributed by atoms with van der Waals surface area (Å²) < 4.78 is 21.8. The van der Waals surface area contributed by atoms with Gasteiger partial charge in [0.1, 0.15) is 9.84 Å². The van der Waals surface area contributed by atoms with E-state index in [2.05, 4.69) is 5.32 Å². The van der Waals surface area contributed by atoms with E-state index in [1.807, 2.05) is 0 Å². The van der Waals surface area contributed by atoms with E-state index in [1.165, 1.54) is 6.92 Å². The van der Waals surface area contributed by atoms with Gasteiger partial charge in [-0.3, -0.25) is 9.59 Å². The third-order valence-electron chi connectivity index (χ3n) is 1.67. The van der Waals surface area contributed by atoms with Crippen molar-refractivity contribution >= 4 is 21.7 Å². The van der Waals surface area contributed by atoms with E-state index in [0.29, 0.717) is 0 Å². The Balaban J connectivity index is 4.19. The van der Waals surface area contributed by atoms with Crippen molar-refractivity contribution in [3.8, 4) is 0 Å². The molecule has 0 aromatic heterocycles. The minimum atomic E-state index is -3.19. The second-order valence-corrected chi connectivity index (χ2v) is 5.89. The van der Waals surface area contributed by atoms with Gasteiger partial charge >= 0.3 is 5.97 Å². The molecule has 16 heavy (non-hydrogen) atoms. The zero-order chi connectivity index (χ0) is 12.9. The maximum atomic E-state index is 11.3. The molecule has 0 aliphatic heterocycles. The average Bonchev–Trinajstić information content (AvgIpc) is 1.98. The van der Waals surface area contributed by atoms with Crippen LogP contribution in [0.4, 0.5) is 0 Å². The molecule has 0 saturated carbocycles. The third kappa shape index (κ3) is 7.18. The van der Waals surface area contributed by atoms with Gasteiger partial charge in [0.05, 0.1) is 18.2 Å². The molecule has 7 nitrogen and oxygen atoms in total. The summed E-state index contributed by atoms with van der Waals surface area (Å²) >= 11 is 0. The van der Waals surface area contributed by atoms with Crippen LogP contribution in [-0.2, 0) is 19.4 Å². The molecule has 0 aliphatic carbocycles. The van der Waals surface area contributed by atoms with Crippen LogP contribution < -0.4 is 11.1 Å². The Labute approximate surface area is 93.9 Å². The quantitative estimate of drug-likeness (QED) is 0.519. The van der Waals surface area contributed by atoms with Crippen LogP contribution in [0.2, 0.25) is 0 Å². The molecule has 0 radical (unpaired) electrons. The minimum Gasteiger partial charge on any atom is -0.481 e. The van der Waals surface area contributed by atoms with E-state index in [0.717, 1.165) is 6.26 Å². The Morgan fingerprint density at radius 1 is 1.44 bits per heavy atom. The van der Waals surface area contributed by atoms with E-state index in [1.54, 1.807) is 0 Å². The molecular weight excluding hydrogens is 236 g/mol. The SMILES string of the molecule is CC(CS(C)(=O)=O)NC(=O)C(N)CC(=O)O. The molecule has 0 rings (SSSR count). The Bertz CT molecular complexity index is 365. The molecule has 0 heterocycles. The number of aliphatic carboxylic acids is 1. The van der Waals surface area contributed by atoms with Gasteiger partial charge in [-0.25, -0.2) is 8.42 Å². The van der Waals surface area contributed by atoms with Crippen molar-refractivity contribution in [1.29, 1.82) is 0 Å². The van der Waals surface area contributed by atoms with Crippen LogP contribution in [-0.4, -0.2) is 49.5 Å². The Hall–Kier alpha value is -1.15. The molecule has 0 aromatic carbocycles. The fourth-order valence-electron chi connectivity index (χ4n) is 1.13. The van der Waals surface area contributed by atoms with Crippen LogP contribution in [0, 0.1) is 0 Å². The van der Waals surface area contributed by atoms with Crippen molar-refractivity contribution in [2.75, 3.05) is 12.0 Å². The normalized spacial score (nSPS) is 15.2. The number of carboxylic acids is 1. The monoisotopic (exact) mass is 252 g/mol. The number of carbonyl (C=O) groups is 2. The van der Waals surface area contributed by atoms with Crippen molar-refractivity contribution in [3.63, 3.8) is 0 Å². The lowest BCUT2D eigenvalue weighted by molar-refractivity contribution is -0.139. The Morgan fingerprint density at radius 3 is 2.31 bits per heavy atom. The maximum Gasteiger partial charge on any atom is 0.305 e. The standard InChI is InChI=1S/C8H16N2O5S/c1-5(4-16(2,14)15)10-8(13)6(9)3-7(11)12/h5-6H,3-4,9H2,1-2H3,(H,10,13)(H,11,12). The van der Waals surface area contributed by atoms with Crippen LogP contribution >= 0.6 is 0 Å². The molecule has 0 spiro atoms. The summed E-state index contributed by atoms with van der Waals surface area (Å²) in [4.78, 5) is 21.6. The van der Waals surface area contributed by atoms with E-state index < -0.39 is 40.2 Å². The summed E-state index contributed by atoms with van der Waals surface area (Å²) in [5.41, 5.74) is 5.29. The van der Waals surface area contributed by atoms with Gasteiger partial charge in [0.2, 0.25) is 5.91 Å². The van der Waals surface area contributed by atoms with Gasteiger partial charge in [-0.2, -0.15) is 0 Å². The number of hydrogen-bond donors (Lipinski definition) is 3. The topological polar surface area (TPSA) is 127 Å². The second kappa shape index (κ2) is 5.80. The highest BCUT2D eigenvalue weighted by Crippen LogP contribution is 1.93. The van der Waals surface area contributed by atoms with Gasteiger partial charge in [0.15, 0.2) is 0 Å². The van der Waals surface area contributed by atoms with Crippen LogP contribution in [0.5, 0.6) is 0 Å². The first kappa shape index (κ1) is 14.8. The van der Waals surface area contributed by atoms with Crippen molar-refractivity contribution in [2.24, 2.45) is 5.73 Å². The lowest BCUT2D eigenvalue weighted by Gasteiger charge is -2.15. The summed E-state index contributed by atoms with van der Waals surface area (Å²) in [5, 5.41) is 10.7. The summed E-state index contributed by atoms with van der Waals surface area (Å²) in [6, 6.07) is -1.76. The van der Waals surface area contributed by atoms with Gasteiger partial charge in [-0.15, -0.1) is 0 Å². The molecule has 2 unspecified atom stereocenters. The molecule has 0 fully saturated rings. The van der Waals surface area contributed by atoms with Gasteiger partial charge in [-0.05, 0) is 6.92 Å². The number of rotatable bonds is 6. The second-order valence-electron chi connectivity index (χ2n) is 3.71. The smallest absolute Gasteiger partial charge is 0.305 e. The van der Waals surface area contributed by atoms with Crippen molar-refractivity contribution in [1.82, 2.24) is 5.32 Å². The first-order valence-electron chi connectivity index (χ1n) is 4.57. The zero-order valence-corrected chi connectivity index (χ0v) is 9.95. The van der Waals surface area contributed by atoms with E-state index in [-0.39, 0.29) is 5.75 Å². The molecule has 0 aromatic rings. The fourth-order valence-corrected chi connectivity index (χ4v) is 2.12. The van der Waals surface area contributed by atoms with Crippen molar-refractivity contribution < 1.29 is 23.1 Å². The zero-order valence-electron chi connectivity index (χ0n) is 9.13. The fraction of sp³-hybridized carbons (Fsp3) is 0.750. The lowest BCUT2D eigenvalue weighted by Crippen LogP contribution is -2.47. The molecule has 8 heteroatoms. The highest BCUT2D eigenvalue weighted by molar-refractivity contribution is 7.90. The molecule has 0 aliphatic rings. The van der Waals surface area contributed by atoms with Crippen LogP contribution in [0.25, 0.3) is 0 Å². The summed E-state index contributed by atoms with van der Waals surface area (Å²) in [7, 11) is -3.19. The van der Waals surface area contributed by atoms with E-state index in [9.17, 15) is 18.0 Å². The molecule has 1 amide bonds. The first-order valence-corrected chi connectivity index (χ1v) is 6.63. The third-order valence-corrected chi connectivity index (χ3v) is 2.78. The van der Waals surface area contributed by atoms with Gasteiger partial charge in [-0.1, -0.05) is 0 Å². The number of hydrogen-bond acceptors (Lipinski definition) is 5. The Kier molecular flexibility index (Phi) is 5.39. The maximum absolute atomic E-state index is 11.3. The van der Waals surface area contributed by atoms with Gasteiger partial charge in [0, 0.05) is 12.3 Å². The predicted octanol–water partition coefficient (Wildman–Crippen LogP) is -1.66. The van der Waals surface area contributed by atoms with Crippen LogP contribution in [0.15, 0.2) is 0 Å². The summed E-state index contributed by atoms with van der Waals surface area (Å²) in [6.45, 7) is 1.51. The van der Waals surface area contributed by atoms with Crippen molar-refractivity contribution in [3.05, 3.63) is 0 Å². The lowest BCUT2D eigenvalue weighted by atomic mass is 10.2. The first-order chi connectivity index (χ1) is 7.11. The van der Waals surface area contributed by atoms with Crippen molar-refractivity contribution in [2.45, 2.75) is 25.4 Å². The number of amides is 1. The molecule has 4 N–H and O–H groups in total. The van der Waals surface area contributed by atoms with Crippen LogP contribution in [0.1, 0.15) is 13.3 Å². The molecular formula is C8H16N2O5S. The molecule has 2 atom stereocenters. The highest BCUT2D eigenvalue weighted by Gasteiger charge is 2.20. The number of sulfone groups is 1. The van der Waals surface area contributed by atoms with Gasteiger partial charge in [0.25, 0.3) is 0 Å². The van der Waals surface area contributed by atoms with Crippen LogP contribution in [0.3, 0.4) is 0 Å². The van der Waals surface area contributed by atoms with Gasteiger partial charge < -0.3 is 16.2 Å². The van der Waals surface area contributed by atoms with E-state index >= 15 is 0 Å². The Morgan fingerprint density at radius 2 is 1.94 bits per heavy atom. The summed E-state index contributed by atoms with van der Waals surface area (Å²) in [6.07, 6.45) is 0.560. The number of nitrogens with two attached hydrogens (primary N) is 1. The number of carboxylic acid groups (broad SMARTS) is 1. The summed E-state index contributed by atoms with van der Waals surface area (Å²) in [5.74, 6) is -2.06. The molecule has 0 bridgehead atoms. The molecule has 94 valence electrons. The predicted molar refractivity (Wildman–Crippen MR) is 57.5 cm³/mol. The average molecular weight is 252 g/mol. The largest absolute Gasteiger partial charge is 0.481 e. The number of nitrogens with one attached hydrogen (secondary N) is 1. The molecule has 0 saturated heterocycles. The number of carbonyl (C=O) groups excluding carboxylic acids is 1. The highest BCUT2D eigenvalue weighted by atomic mass is 32.2.